The van der Waals surface area contributed by atoms with Gasteiger partial charge in [-0.25, -0.2) is 9.78 Å². The van der Waals surface area contributed by atoms with Gasteiger partial charge in [-0.3, -0.25) is 0 Å². The summed E-state index contributed by atoms with van der Waals surface area (Å²) in [6.07, 6.45) is 11.7. The van der Waals surface area contributed by atoms with Crippen LogP contribution in [0.4, 0.5) is 0 Å². The van der Waals surface area contributed by atoms with Gasteiger partial charge < -0.3 is 8.23 Å². The molecule has 7 heteroatoms. The van der Waals surface area contributed by atoms with Crippen LogP contribution >= 0.6 is 0 Å². The number of hydrogen-bond acceptors (Lipinski definition) is 4. The van der Waals surface area contributed by atoms with E-state index < -0.39 is 26.6 Å². The van der Waals surface area contributed by atoms with Crippen LogP contribution in [0.3, 0.4) is 0 Å². The highest BCUT2D eigenvalue weighted by Crippen LogP contribution is 2.21. The van der Waals surface area contributed by atoms with E-state index in [0.717, 1.165) is 13.0 Å². The van der Waals surface area contributed by atoms with Gasteiger partial charge in [0.2, 0.25) is 0 Å². The molecule has 4 nitrogen and oxygen atoms in total. The third kappa shape index (κ3) is 17.7. The predicted octanol–water partition coefficient (Wildman–Crippen LogP) is 5.54. The first-order valence-electron chi connectivity index (χ1n) is 10.5. The highest BCUT2D eigenvalue weighted by atomic mass is 28.5. The zero-order chi connectivity index (χ0) is 19.0. The van der Waals surface area contributed by atoms with Crippen LogP contribution in [-0.2, 0) is 18.0 Å². The molecule has 0 aliphatic heterocycles. The van der Waals surface area contributed by atoms with Gasteiger partial charge in [0.1, 0.15) is 0 Å². The molecule has 0 saturated heterocycles. The molecule has 0 radical (unpaired) electrons. The smallest absolute Gasteiger partial charge is 0.313 e. The van der Waals surface area contributed by atoms with Gasteiger partial charge in [0.15, 0.2) is 18.1 Å². The van der Waals surface area contributed by atoms with Crippen LogP contribution in [0.5, 0.6) is 0 Å². The van der Waals surface area contributed by atoms with E-state index >= 15 is 0 Å². The molecule has 25 heavy (non-hydrogen) atoms. The first-order chi connectivity index (χ1) is 11.9. The first kappa shape index (κ1) is 25.5. The lowest BCUT2D eigenvalue weighted by molar-refractivity contribution is -0.291. The molecule has 0 atom stereocenters. The average molecular weight is 409 g/mol. The summed E-state index contributed by atoms with van der Waals surface area (Å²) < 4.78 is 12.7. The third-order valence-electron chi connectivity index (χ3n) is 4.03. The van der Waals surface area contributed by atoms with E-state index in [1.807, 2.05) is 6.92 Å². The standard InChI is InChI=1S/C18H44O4Si3/c1-7-19-20-17-15-13-11-9-8-10-12-14-16-18-25(6,21-23(2)3)22-24(4)5/h23-24H,7-18H2,1-6H3. The Bertz CT molecular complexity index is 281. The minimum Gasteiger partial charge on any atom is -0.439 e. The van der Waals surface area contributed by atoms with Crippen molar-refractivity contribution in [2.24, 2.45) is 0 Å². The maximum atomic E-state index is 6.33. The van der Waals surface area contributed by atoms with E-state index in [1.165, 1.54) is 57.4 Å². The zero-order valence-electron chi connectivity index (χ0n) is 17.8. The number of rotatable bonds is 18. The third-order valence-corrected chi connectivity index (χ3v) is 13.1. The van der Waals surface area contributed by atoms with E-state index in [2.05, 4.69) is 32.7 Å². The molecule has 0 aromatic rings. The van der Waals surface area contributed by atoms with Gasteiger partial charge >= 0.3 is 8.56 Å². The van der Waals surface area contributed by atoms with Crippen molar-refractivity contribution in [3.05, 3.63) is 0 Å². The summed E-state index contributed by atoms with van der Waals surface area (Å²) in [5.41, 5.74) is 0. The Morgan fingerprint density at radius 3 is 1.52 bits per heavy atom. The fraction of sp³-hybridized carbons (Fsp3) is 1.00. The summed E-state index contributed by atoms with van der Waals surface area (Å²) in [4.78, 5) is 9.89. The molecule has 0 saturated carbocycles. The monoisotopic (exact) mass is 408 g/mol. The highest BCUT2D eigenvalue weighted by molar-refractivity contribution is 6.79. The Kier molecular flexibility index (Phi) is 17.0. The van der Waals surface area contributed by atoms with Gasteiger partial charge in [-0.15, -0.1) is 0 Å². The van der Waals surface area contributed by atoms with Crippen molar-refractivity contribution < 1.29 is 18.0 Å². The van der Waals surface area contributed by atoms with Crippen LogP contribution in [0.1, 0.15) is 64.7 Å². The van der Waals surface area contributed by atoms with E-state index in [0.29, 0.717) is 6.61 Å². The molecule has 0 bridgehead atoms. The van der Waals surface area contributed by atoms with Crippen molar-refractivity contribution in [2.75, 3.05) is 13.2 Å². The molecule has 0 aliphatic carbocycles. The Morgan fingerprint density at radius 2 is 1.08 bits per heavy atom. The zero-order valence-corrected chi connectivity index (χ0v) is 21.1. The molecular weight excluding hydrogens is 364 g/mol. The van der Waals surface area contributed by atoms with Crippen LogP contribution < -0.4 is 0 Å². The topological polar surface area (TPSA) is 36.9 Å². The van der Waals surface area contributed by atoms with Crippen LogP contribution in [0.25, 0.3) is 0 Å². The van der Waals surface area contributed by atoms with Crippen molar-refractivity contribution in [2.45, 2.75) is 103 Å². The van der Waals surface area contributed by atoms with Crippen molar-refractivity contribution in [1.82, 2.24) is 0 Å². The summed E-state index contributed by atoms with van der Waals surface area (Å²) >= 11 is 0. The first-order valence-corrected chi connectivity index (χ1v) is 18.6. The molecule has 0 unspecified atom stereocenters. The Morgan fingerprint density at radius 1 is 0.640 bits per heavy atom. The maximum Gasteiger partial charge on any atom is 0.313 e. The molecule has 0 spiro atoms. The minimum absolute atomic E-state index is 0.638. The highest BCUT2D eigenvalue weighted by Gasteiger charge is 2.32. The largest absolute Gasteiger partial charge is 0.439 e. The maximum absolute atomic E-state index is 6.33. The normalized spacial score (nSPS) is 12.5. The van der Waals surface area contributed by atoms with Gasteiger partial charge in [-0.05, 0) is 52.1 Å². The van der Waals surface area contributed by atoms with E-state index in [9.17, 15) is 0 Å². The molecule has 0 rings (SSSR count). The van der Waals surface area contributed by atoms with Crippen molar-refractivity contribution in [3.63, 3.8) is 0 Å². The molecule has 0 N–H and O–H groups in total. The van der Waals surface area contributed by atoms with E-state index in [-0.39, 0.29) is 0 Å². The molecule has 0 heterocycles. The molecule has 0 fully saturated rings. The fourth-order valence-corrected chi connectivity index (χ4v) is 13.7. The second-order valence-electron chi connectivity index (χ2n) is 7.63. The lowest BCUT2D eigenvalue weighted by atomic mass is 10.1. The minimum atomic E-state index is -1.87. The average Bonchev–Trinajstić information content (AvgIpc) is 2.50. The predicted molar refractivity (Wildman–Crippen MR) is 115 cm³/mol. The van der Waals surface area contributed by atoms with Gasteiger partial charge in [0, 0.05) is 0 Å². The molecule has 152 valence electrons. The van der Waals surface area contributed by atoms with E-state index in [1.54, 1.807) is 0 Å². The Labute approximate surface area is 161 Å². The summed E-state index contributed by atoms with van der Waals surface area (Å²) in [7, 11) is -3.88. The Hall–Kier alpha value is 0.491. The van der Waals surface area contributed by atoms with Crippen LogP contribution in [0.15, 0.2) is 0 Å². The van der Waals surface area contributed by atoms with Gasteiger partial charge in [-0.2, -0.15) is 0 Å². The summed E-state index contributed by atoms with van der Waals surface area (Å²) in [6, 6.07) is 1.18. The molecular formula is C18H44O4Si3. The van der Waals surface area contributed by atoms with E-state index in [4.69, 9.17) is 18.0 Å². The molecule has 0 aromatic heterocycles. The number of hydrogen-bond donors (Lipinski definition) is 0. The SMILES string of the molecule is CCOOCCCCCCCCCCC[Si](C)(O[SiH](C)C)O[SiH](C)C. The van der Waals surface area contributed by atoms with Crippen molar-refractivity contribution >= 4 is 26.6 Å². The molecule has 0 aromatic carbocycles. The quantitative estimate of drug-likeness (QED) is 0.129. The second-order valence-corrected chi connectivity index (χ2v) is 16.5. The van der Waals surface area contributed by atoms with Crippen molar-refractivity contribution in [1.29, 1.82) is 0 Å². The number of unbranched alkanes of at least 4 members (excludes halogenated alkanes) is 8. The summed E-state index contributed by atoms with van der Waals surface area (Å²) in [5.74, 6) is 0. The van der Waals surface area contributed by atoms with Gasteiger partial charge in [-0.1, -0.05) is 51.4 Å². The molecule has 0 aliphatic rings. The second kappa shape index (κ2) is 16.6. The van der Waals surface area contributed by atoms with Gasteiger partial charge in [0.25, 0.3) is 0 Å². The summed E-state index contributed by atoms with van der Waals surface area (Å²) in [6.45, 7) is 14.7. The van der Waals surface area contributed by atoms with Crippen LogP contribution in [-0.4, -0.2) is 39.9 Å². The van der Waals surface area contributed by atoms with Crippen LogP contribution in [0.2, 0.25) is 38.8 Å². The fourth-order valence-electron chi connectivity index (χ4n) is 3.13. The van der Waals surface area contributed by atoms with Crippen molar-refractivity contribution in [3.8, 4) is 0 Å². The lowest BCUT2D eigenvalue weighted by Gasteiger charge is -2.31. The van der Waals surface area contributed by atoms with Crippen LogP contribution in [0, 0.1) is 0 Å². The molecule has 0 amide bonds. The lowest BCUT2D eigenvalue weighted by Crippen LogP contribution is -2.45. The Balaban J connectivity index is 3.54. The summed E-state index contributed by atoms with van der Waals surface area (Å²) in [5, 5.41) is 0. The van der Waals surface area contributed by atoms with Gasteiger partial charge in [0.05, 0.1) is 13.2 Å².